The molecule has 16 heavy (non-hydrogen) atoms. The molecule has 0 radical (unpaired) electrons. The second kappa shape index (κ2) is 3.98. The lowest BCUT2D eigenvalue weighted by Gasteiger charge is -2.24. The van der Waals surface area contributed by atoms with Crippen LogP contribution in [0.4, 0.5) is 4.39 Å². The van der Waals surface area contributed by atoms with Gasteiger partial charge in [0.05, 0.1) is 0 Å². The second-order valence-corrected chi connectivity index (χ2v) is 4.63. The largest absolute Gasteiger partial charge is 0.310 e. The third-order valence-electron chi connectivity index (χ3n) is 3.67. The summed E-state index contributed by atoms with van der Waals surface area (Å²) in [5.74, 6) is 0.397. The van der Waals surface area contributed by atoms with Crippen molar-refractivity contribution in [2.24, 2.45) is 5.92 Å². The fourth-order valence-corrected chi connectivity index (χ4v) is 2.75. The van der Waals surface area contributed by atoms with Gasteiger partial charge in [-0.05, 0) is 55.0 Å². The first-order valence-electron chi connectivity index (χ1n) is 5.89. The Hall–Kier alpha value is -1.22. The van der Waals surface area contributed by atoms with Gasteiger partial charge < -0.3 is 5.32 Å². The molecular formula is C13H15FN2. The first-order chi connectivity index (χ1) is 7.83. The average Bonchev–Trinajstić information content (AvgIpc) is 2.77. The molecular weight excluding hydrogens is 203 g/mol. The Kier molecular flexibility index (Phi) is 2.48. The van der Waals surface area contributed by atoms with Gasteiger partial charge in [0.1, 0.15) is 0 Å². The first kappa shape index (κ1) is 9.97. The molecule has 0 unspecified atom stereocenters. The van der Waals surface area contributed by atoms with Gasteiger partial charge in [-0.2, -0.15) is 4.39 Å². The molecule has 1 aliphatic heterocycles. The van der Waals surface area contributed by atoms with Crippen LogP contribution in [-0.4, -0.2) is 17.6 Å². The average molecular weight is 218 g/mol. The number of fused-ring (bicyclic) bond motifs is 1. The summed E-state index contributed by atoms with van der Waals surface area (Å²) in [6, 6.07) is 3.78. The predicted molar refractivity (Wildman–Crippen MR) is 61.3 cm³/mol. The molecule has 0 aromatic carbocycles. The summed E-state index contributed by atoms with van der Waals surface area (Å²) in [5, 5.41) is 3.50. The number of pyridine rings is 1. The minimum Gasteiger partial charge on any atom is -0.310 e. The standard InChI is InChI=1S/C13H15FN2/c14-13-4-3-11(8-16-13)10-2-1-9-5-6-15-12(9)7-10/h3-4,7-9,12,15H,1-2,5-6H2/t9-,12-/m1/s1. The fourth-order valence-electron chi connectivity index (χ4n) is 2.75. The number of hydrogen-bond acceptors (Lipinski definition) is 2. The van der Waals surface area contributed by atoms with E-state index in [1.807, 2.05) is 6.07 Å². The minimum absolute atomic E-state index is 0.406. The lowest BCUT2D eigenvalue weighted by Crippen LogP contribution is -2.27. The fraction of sp³-hybridized carbons (Fsp3) is 0.462. The summed E-state index contributed by atoms with van der Waals surface area (Å²) in [6.45, 7) is 1.13. The molecule has 1 fully saturated rings. The Balaban J connectivity index is 1.87. The van der Waals surface area contributed by atoms with Crippen molar-refractivity contribution < 1.29 is 4.39 Å². The van der Waals surface area contributed by atoms with Crippen molar-refractivity contribution in [1.82, 2.24) is 10.3 Å². The van der Waals surface area contributed by atoms with E-state index >= 15 is 0 Å². The van der Waals surface area contributed by atoms with Crippen LogP contribution < -0.4 is 5.32 Å². The maximum absolute atomic E-state index is 12.7. The van der Waals surface area contributed by atoms with E-state index in [1.54, 1.807) is 6.20 Å². The summed E-state index contributed by atoms with van der Waals surface area (Å²) >= 11 is 0. The van der Waals surface area contributed by atoms with E-state index in [2.05, 4.69) is 16.4 Å². The summed E-state index contributed by atoms with van der Waals surface area (Å²) in [5.41, 5.74) is 2.37. The number of nitrogens with zero attached hydrogens (tertiary/aromatic N) is 1. The summed E-state index contributed by atoms with van der Waals surface area (Å²) in [6.07, 6.45) is 7.56. The Morgan fingerprint density at radius 2 is 2.25 bits per heavy atom. The van der Waals surface area contributed by atoms with E-state index in [-0.39, 0.29) is 0 Å². The lowest BCUT2D eigenvalue weighted by molar-refractivity contribution is 0.465. The van der Waals surface area contributed by atoms with E-state index < -0.39 is 5.95 Å². The number of allylic oxidation sites excluding steroid dienone is 1. The van der Waals surface area contributed by atoms with E-state index in [0.717, 1.165) is 24.4 Å². The number of rotatable bonds is 1. The smallest absolute Gasteiger partial charge is 0.212 e. The van der Waals surface area contributed by atoms with Crippen molar-refractivity contribution in [1.29, 1.82) is 0 Å². The normalized spacial score (nSPS) is 28.7. The number of aromatic nitrogens is 1. The molecule has 0 bridgehead atoms. The van der Waals surface area contributed by atoms with E-state index in [0.29, 0.717) is 6.04 Å². The highest BCUT2D eigenvalue weighted by atomic mass is 19.1. The van der Waals surface area contributed by atoms with Gasteiger partial charge in [-0.15, -0.1) is 0 Å². The summed E-state index contributed by atoms with van der Waals surface area (Å²) < 4.78 is 12.7. The molecule has 0 saturated carbocycles. The van der Waals surface area contributed by atoms with Gasteiger partial charge in [-0.3, -0.25) is 0 Å². The van der Waals surface area contributed by atoms with Gasteiger partial charge in [-0.1, -0.05) is 6.08 Å². The van der Waals surface area contributed by atoms with Gasteiger partial charge in [0.25, 0.3) is 0 Å². The Morgan fingerprint density at radius 1 is 1.31 bits per heavy atom. The van der Waals surface area contributed by atoms with Crippen LogP contribution in [0, 0.1) is 11.9 Å². The molecule has 0 spiro atoms. The van der Waals surface area contributed by atoms with Gasteiger partial charge in [0.15, 0.2) is 0 Å². The molecule has 2 nitrogen and oxygen atoms in total. The predicted octanol–water partition coefficient (Wildman–Crippen LogP) is 2.38. The molecule has 3 rings (SSSR count). The van der Waals surface area contributed by atoms with Crippen molar-refractivity contribution in [3.8, 4) is 0 Å². The number of hydrogen-bond donors (Lipinski definition) is 1. The minimum atomic E-state index is -0.406. The SMILES string of the molecule is Fc1ccc(C2=C[C@H]3NCC[C@H]3CC2)cn1. The highest BCUT2D eigenvalue weighted by Gasteiger charge is 2.28. The molecule has 1 aromatic heterocycles. The van der Waals surface area contributed by atoms with Gasteiger partial charge >= 0.3 is 0 Å². The third kappa shape index (κ3) is 1.76. The number of halogens is 1. The van der Waals surface area contributed by atoms with Gasteiger partial charge in [-0.25, -0.2) is 4.98 Å². The van der Waals surface area contributed by atoms with Crippen LogP contribution in [-0.2, 0) is 0 Å². The molecule has 84 valence electrons. The molecule has 2 heterocycles. The Morgan fingerprint density at radius 3 is 3.06 bits per heavy atom. The second-order valence-electron chi connectivity index (χ2n) is 4.63. The van der Waals surface area contributed by atoms with Crippen LogP contribution in [0.2, 0.25) is 0 Å². The number of nitrogens with one attached hydrogen (secondary N) is 1. The van der Waals surface area contributed by atoms with Crippen LogP contribution in [0.3, 0.4) is 0 Å². The van der Waals surface area contributed by atoms with Crippen LogP contribution >= 0.6 is 0 Å². The molecule has 2 aliphatic rings. The molecule has 0 amide bonds. The van der Waals surface area contributed by atoms with Crippen molar-refractivity contribution >= 4 is 5.57 Å². The lowest BCUT2D eigenvalue weighted by atomic mass is 9.84. The maximum atomic E-state index is 12.7. The molecule has 1 N–H and O–H groups in total. The van der Waals surface area contributed by atoms with Crippen molar-refractivity contribution in [2.45, 2.75) is 25.3 Å². The zero-order valence-corrected chi connectivity index (χ0v) is 9.12. The molecule has 2 atom stereocenters. The van der Waals surface area contributed by atoms with E-state index in [9.17, 15) is 4.39 Å². The van der Waals surface area contributed by atoms with Gasteiger partial charge in [0.2, 0.25) is 5.95 Å². The van der Waals surface area contributed by atoms with Gasteiger partial charge in [0, 0.05) is 12.2 Å². The quantitative estimate of drug-likeness (QED) is 0.732. The van der Waals surface area contributed by atoms with Crippen LogP contribution in [0.15, 0.2) is 24.4 Å². The van der Waals surface area contributed by atoms with Crippen LogP contribution in [0.5, 0.6) is 0 Å². The zero-order chi connectivity index (χ0) is 11.0. The summed E-state index contributed by atoms with van der Waals surface area (Å²) in [4.78, 5) is 3.71. The highest BCUT2D eigenvalue weighted by Crippen LogP contribution is 2.33. The Bertz CT molecular complexity index is 410. The van der Waals surface area contributed by atoms with Crippen LogP contribution in [0.25, 0.3) is 5.57 Å². The molecule has 3 heteroatoms. The van der Waals surface area contributed by atoms with Crippen molar-refractivity contribution in [3.05, 3.63) is 35.9 Å². The monoisotopic (exact) mass is 218 g/mol. The third-order valence-corrected chi connectivity index (χ3v) is 3.67. The first-order valence-corrected chi connectivity index (χ1v) is 5.89. The van der Waals surface area contributed by atoms with E-state index in [1.165, 1.54) is 24.5 Å². The zero-order valence-electron chi connectivity index (χ0n) is 9.12. The summed E-state index contributed by atoms with van der Waals surface area (Å²) in [7, 11) is 0. The highest BCUT2D eigenvalue weighted by molar-refractivity contribution is 5.66. The molecule has 1 saturated heterocycles. The molecule has 1 aliphatic carbocycles. The van der Waals surface area contributed by atoms with Crippen LogP contribution in [0.1, 0.15) is 24.8 Å². The van der Waals surface area contributed by atoms with Crippen molar-refractivity contribution in [3.63, 3.8) is 0 Å². The maximum Gasteiger partial charge on any atom is 0.212 e. The molecule has 1 aromatic rings. The Labute approximate surface area is 94.6 Å². The topological polar surface area (TPSA) is 24.9 Å². The van der Waals surface area contributed by atoms with E-state index in [4.69, 9.17) is 0 Å². The van der Waals surface area contributed by atoms with Crippen molar-refractivity contribution in [2.75, 3.05) is 6.54 Å².